The Labute approximate surface area is 175 Å². The first-order valence-corrected chi connectivity index (χ1v) is 10.8. The SMILES string of the molecule is O=C(NCc1cc(F)cc(Cl)c1)C1(O)CCN(C2CCC(NS(=O)O)CC2)C1=O. The number of hydrogen-bond donors (Lipinski definition) is 4. The summed E-state index contributed by atoms with van der Waals surface area (Å²) in [5.41, 5.74) is -1.74. The first-order chi connectivity index (χ1) is 13.7. The maximum Gasteiger partial charge on any atom is 0.264 e. The summed E-state index contributed by atoms with van der Waals surface area (Å²) in [7, 11) is 0. The van der Waals surface area contributed by atoms with E-state index in [0.29, 0.717) is 31.2 Å². The van der Waals surface area contributed by atoms with Gasteiger partial charge in [0.25, 0.3) is 11.8 Å². The van der Waals surface area contributed by atoms with Crippen molar-refractivity contribution in [2.24, 2.45) is 0 Å². The monoisotopic (exact) mass is 447 g/mol. The molecule has 2 atom stereocenters. The van der Waals surface area contributed by atoms with Crippen LogP contribution in [0.4, 0.5) is 4.39 Å². The van der Waals surface area contributed by atoms with Crippen molar-refractivity contribution in [3.05, 3.63) is 34.6 Å². The molecular formula is C18H23ClFN3O5S. The first kappa shape index (κ1) is 22.1. The van der Waals surface area contributed by atoms with Gasteiger partial charge in [-0.1, -0.05) is 11.6 Å². The van der Waals surface area contributed by atoms with Crippen LogP contribution in [0.2, 0.25) is 5.02 Å². The van der Waals surface area contributed by atoms with Gasteiger partial charge in [0.05, 0.1) is 0 Å². The van der Waals surface area contributed by atoms with Gasteiger partial charge in [-0.3, -0.25) is 14.1 Å². The molecular weight excluding hydrogens is 425 g/mol. The first-order valence-electron chi connectivity index (χ1n) is 9.33. The summed E-state index contributed by atoms with van der Waals surface area (Å²) in [4.78, 5) is 26.8. The Morgan fingerprint density at radius 1 is 1.31 bits per heavy atom. The highest BCUT2D eigenvalue weighted by Gasteiger charge is 2.52. The average Bonchev–Trinajstić information content (AvgIpc) is 2.95. The molecule has 2 amide bonds. The summed E-state index contributed by atoms with van der Waals surface area (Å²) in [6.45, 7) is 0.185. The smallest absolute Gasteiger partial charge is 0.264 e. The van der Waals surface area contributed by atoms with Crippen LogP contribution < -0.4 is 10.0 Å². The summed E-state index contributed by atoms with van der Waals surface area (Å²) in [5.74, 6) is -2.01. The van der Waals surface area contributed by atoms with E-state index in [1.807, 2.05) is 0 Å². The van der Waals surface area contributed by atoms with Crippen molar-refractivity contribution in [2.45, 2.75) is 56.3 Å². The van der Waals surface area contributed by atoms with E-state index in [2.05, 4.69) is 10.0 Å². The normalized spacial score (nSPS) is 28.4. The molecule has 1 aliphatic heterocycles. The van der Waals surface area contributed by atoms with Gasteiger partial charge in [-0.25, -0.2) is 13.3 Å². The minimum atomic E-state index is -2.15. The zero-order chi connectivity index (χ0) is 21.2. The second-order valence-electron chi connectivity index (χ2n) is 7.44. The number of benzene rings is 1. The van der Waals surface area contributed by atoms with E-state index in [4.69, 9.17) is 16.2 Å². The molecule has 11 heteroatoms. The number of carbonyl (C=O) groups is 2. The summed E-state index contributed by atoms with van der Waals surface area (Å²) < 4.78 is 35.7. The quantitative estimate of drug-likeness (QED) is 0.384. The number of nitrogens with zero attached hydrogens (tertiary/aromatic N) is 1. The molecule has 8 nitrogen and oxygen atoms in total. The van der Waals surface area contributed by atoms with E-state index in [1.165, 1.54) is 17.0 Å². The summed E-state index contributed by atoms with van der Waals surface area (Å²) >= 11 is 3.71. The van der Waals surface area contributed by atoms with E-state index < -0.39 is 34.5 Å². The minimum absolute atomic E-state index is 0.0274. The number of nitrogens with one attached hydrogen (secondary N) is 2. The zero-order valence-electron chi connectivity index (χ0n) is 15.6. The lowest BCUT2D eigenvalue weighted by molar-refractivity contribution is -0.155. The fourth-order valence-electron chi connectivity index (χ4n) is 3.98. The van der Waals surface area contributed by atoms with Crippen molar-refractivity contribution in [1.29, 1.82) is 0 Å². The predicted molar refractivity (Wildman–Crippen MR) is 104 cm³/mol. The van der Waals surface area contributed by atoms with Gasteiger partial charge in [-0.15, -0.1) is 0 Å². The lowest BCUT2D eigenvalue weighted by Crippen LogP contribution is -2.54. The van der Waals surface area contributed by atoms with Crippen LogP contribution >= 0.6 is 11.6 Å². The maximum atomic E-state index is 13.4. The number of amides is 2. The fraction of sp³-hybridized carbons (Fsp3) is 0.556. The fourth-order valence-corrected chi connectivity index (χ4v) is 4.74. The molecule has 2 aliphatic rings. The maximum absolute atomic E-state index is 13.4. The molecule has 29 heavy (non-hydrogen) atoms. The minimum Gasteiger partial charge on any atom is -0.372 e. The topological polar surface area (TPSA) is 119 Å². The van der Waals surface area contributed by atoms with E-state index in [1.54, 1.807) is 0 Å². The van der Waals surface area contributed by atoms with Gasteiger partial charge in [0.1, 0.15) is 5.82 Å². The zero-order valence-corrected chi connectivity index (χ0v) is 17.1. The van der Waals surface area contributed by atoms with Gasteiger partial charge in [0.15, 0.2) is 0 Å². The molecule has 2 unspecified atom stereocenters. The van der Waals surface area contributed by atoms with Gasteiger partial charge in [0, 0.05) is 36.6 Å². The molecule has 1 saturated heterocycles. The Balaban J connectivity index is 1.57. The van der Waals surface area contributed by atoms with Crippen molar-refractivity contribution in [3.8, 4) is 0 Å². The molecule has 1 saturated carbocycles. The average molecular weight is 448 g/mol. The Morgan fingerprint density at radius 2 is 2.00 bits per heavy atom. The third kappa shape index (κ3) is 5.13. The Morgan fingerprint density at radius 3 is 2.62 bits per heavy atom. The molecule has 1 aliphatic carbocycles. The van der Waals surface area contributed by atoms with Crippen molar-refractivity contribution in [2.75, 3.05) is 6.54 Å². The van der Waals surface area contributed by atoms with Gasteiger partial charge >= 0.3 is 0 Å². The summed E-state index contributed by atoms with van der Waals surface area (Å²) in [6.07, 6.45) is 2.43. The molecule has 1 heterocycles. The standard InChI is InChI=1S/C18H23ClFN3O5S/c19-12-7-11(8-13(20)9-12)10-21-16(24)18(26)5-6-23(17(18)25)15-3-1-14(2-4-15)22-29(27)28/h7-9,14-15,22,26H,1-6,10H2,(H,21,24)(H,27,28). The van der Waals surface area contributed by atoms with E-state index in [0.717, 1.165) is 6.07 Å². The Bertz CT molecular complexity index is 800. The van der Waals surface area contributed by atoms with Crippen LogP contribution in [0.3, 0.4) is 0 Å². The number of likely N-dealkylation sites (tertiary alicyclic amines) is 1. The van der Waals surface area contributed by atoms with Gasteiger partial charge in [-0.2, -0.15) is 0 Å². The molecule has 1 aromatic carbocycles. The van der Waals surface area contributed by atoms with E-state index in [-0.39, 0.29) is 36.6 Å². The number of rotatable bonds is 6. The highest BCUT2D eigenvalue weighted by molar-refractivity contribution is 7.77. The largest absolute Gasteiger partial charge is 0.372 e. The van der Waals surface area contributed by atoms with Gasteiger partial charge in [-0.05, 0) is 49.4 Å². The third-order valence-electron chi connectivity index (χ3n) is 5.49. The molecule has 1 aromatic rings. The van der Waals surface area contributed by atoms with Crippen LogP contribution in [0.15, 0.2) is 18.2 Å². The predicted octanol–water partition coefficient (Wildman–Crippen LogP) is 1.10. The second-order valence-corrected chi connectivity index (χ2v) is 8.61. The van der Waals surface area contributed by atoms with Crippen molar-refractivity contribution in [3.63, 3.8) is 0 Å². The van der Waals surface area contributed by atoms with Crippen LogP contribution in [0.1, 0.15) is 37.7 Å². The summed E-state index contributed by atoms with van der Waals surface area (Å²) in [5, 5.41) is 13.4. The Hall–Kier alpha value is -1.59. The number of hydrogen-bond acceptors (Lipinski definition) is 4. The number of carbonyl (C=O) groups excluding carboxylic acids is 2. The molecule has 3 rings (SSSR count). The van der Waals surface area contributed by atoms with E-state index >= 15 is 0 Å². The molecule has 2 fully saturated rings. The van der Waals surface area contributed by atoms with Crippen LogP contribution in [0.5, 0.6) is 0 Å². The van der Waals surface area contributed by atoms with Crippen LogP contribution in [0, 0.1) is 5.82 Å². The van der Waals surface area contributed by atoms with Crippen molar-refractivity contribution in [1.82, 2.24) is 14.9 Å². The van der Waals surface area contributed by atoms with Crippen LogP contribution in [-0.2, 0) is 27.4 Å². The van der Waals surface area contributed by atoms with Crippen LogP contribution in [0.25, 0.3) is 0 Å². The number of halogens is 2. The van der Waals surface area contributed by atoms with Crippen LogP contribution in [-0.4, -0.2) is 54.8 Å². The van der Waals surface area contributed by atoms with Crippen molar-refractivity contribution >= 4 is 34.7 Å². The van der Waals surface area contributed by atoms with Gasteiger partial charge < -0.3 is 15.3 Å². The highest BCUT2D eigenvalue weighted by atomic mass is 35.5. The molecule has 0 radical (unpaired) electrons. The van der Waals surface area contributed by atoms with Crippen molar-refractivity contribution < 1.29 is 27.8 Å². The lowest BCUT2D eigenvalue weighted by atomic mass is 9.90. The molecule has 0 bridgehead atoms. The molecule has 0 spiro atoms. The summed E-state index contributed by atoms with van der Waals surface area (Å²) in [6, 6.07) is 3.61. The molecule has 4 N–H and O–H groups in total. The lowest BCUT2D eigenvalue weighted by Gasteiger charge is -2.35. The molecule has 160 valence electrons. The van der Waals surface area contributed by atoms with E-state index in [9.17, 15) is 23.3 Å². The highest BCUT2D eigenvalue weighted by Crippen LogP contribution is 2.31. The third-order valence-corrected chi connectivity index (χ3v) is 6.24. The molecule has 0 aromatic heterocycles. The number of aliphatic hydroxyl groups is 1. The second kappa shape index (κ2) is 9.05. The van der Waals surface area contributed by atoms with Gasteiger partial charge in [0.2, 0.25) is 16.9 Å². The Kier molecular flexibility index (Phi) is 6.90.